The third-order valence-corrected chi connectivity index (χ3v) is 5.03. The Hall–Kier alpha value is -0.820. The summed E-state index contributed by atoms with van der Waals surface area (Å²) in [5.74, 6) is 2.59. The summed E-state index contributed by atoms with van der Waals surface area (Å²) in [7, 11) is 0. The lowest BCUT2D eigenvalue weighted by Gasteiger charge is -2.20. The molecule has 2 aliphatic rings. The summed E-state index contributed by atoms with van der Waals surface area (Å²) in [6, 6.07) is 9.92. The van der Waals surface area contributed by atoms with Crippen LogP contribution in [0.25, 0.3) is 0 Å². The normalized spacial score (nSPS) is 31.8. The van der Waals surface area contributed by atoms with Crippen molar-refractivity contribution in [3.63, 3.8) is 0 Å². The van der Waals surface area contributed by atoms with Crippen LogP contribution in [0, 0.1) is 11.8 Å². The fraction of sp³-hybridized carbons (Fsp3) is 0.647. The highest BCUT2D eigenvalue weighted by molar-refractivity contribution is 5.29. The predicted molar refractivity (Wildman–Crippen MR) is 76.6 cm³/mol. The number of hydrogen-bond donors (Lipinski definition) is 1. The van der Waals surface area contributed by atoms with Crippen molar-refractivity contribution >= 4 is 0 Å². The zero-order valence-corrected chi connectivity index (χ0v) is 11.7. The summed E-state index contributed by atoms with van der Waals surface area (Å²) >= 11 is 0. The van der Waals surface area contributed by atoms with Gasteiger partial charge in [0.25, 0.3) is 0 Å². The van der Waals surface area contributed by atoms with E-state index >= 15 is 0 Å². The Morgan fingerprint density at radius 3 is 2.61 bits per heavy atom. The van der Waals surface area contributed by atoms with E-state index in [1.807, 2.05) is 0 Å². The van der Waals surface area contributed by atoms with Gasteiger partial charge in [-0.25, -0.2) is 0 Å². The molecule has 0 radical (unpaired) electrons. The van der Waals surface area contributed by atoms with Crippen molar-refractivity contribution in [2.45, 2.75) is 58.0 Å². The smallest absolute Gasteiger partial charge is 0.0208 e. The van der Waals surface area contributed by atoms with Crippen LogP contribution >= 0.6 is 0 Å². The molecule has 1 aromatic rings. The molecule has 0 heterocycles. The van der Waals surface area contributed by atoms with Crippen molar-refractivity contribution in [1.29, 1.82) is 0 Å². The van der Waals surface area contributed by atoms with E-state index in [1.54, 1.807) is 5.56 Å². The first-order valence-corrected chi connectivity index (χ1v) is 7.56. The van der Waals surface area contributed by atoms with Gasteiger partial charge in [-0.2, -0.15) is 0 Å². The zero-order valence-electron chi connectivity index (χ0n) is 11.7. The van der Waals surface area contributed by atoms with Gasteiger partial charge in [-0.15, -0.1) is 0 Å². The van der Waals surface area contributed by atoms with Crippen molar-refractivity contribution in [2.75, 3.05) is 0 Å². The van der Waals surface area contributed by atoms with Crippen LogP contribution in [0.4, 0.5) is 0 Å². The average Bonchev–Trinajstić information content (AvgIpc) is 3.18. The van der Waals surface area contributed by atoms with E-state index in [2.05, 4.69) is 43.4 Å². The highest BCUT2D eigenvalue weighted by atomic mass is 14.9. The fourth-order valence-electron chi connectivity index (χ4n) is 3.28. The SMILES string of the molecule is CC1CCC(NCc2cccc(C3CC3)c2)C1C. The molecule has 0 aliphatic heterocycles. The van der Waals surface area contributed by atoms with Crippen LogP contribution in [0.1, 0.15) is 56.6 Å². The summed E-state index contributed by atoms with van der Waals surface area (Å²) in [6.07, 6.45) is 5.54. The largest absolute Gasteiger partial charge is 0.310 e. The van der Waals surface area contributed by atoms with Gasteiger partial charge in [0, 0.05) is 12.6 Å². The van der Waals surface area contributed by atoms with E-state index in [0.29, 0.717) is 0 Å². The van der Waals surface area contributed by atoms with Crippen LogP contribution in [-0.2, 0) is 6.54 Å². The Bertz CT molecular complexity index is 408. The molecule has 1 N–H and O–H groups in total. The summed E-state index contributed by atoms with van der Waals surface area (Å²) in [6.45, 7) is 5.83. The minimum atomic E-state index is 0.726. The van der Waals surface area contributed by atoms with Crippen molar-refractivity contribution in [3.05, 3.63) is 35.4 Å². The van der Waals surface area contributed by atoms with Gasteiger partial charge in [-0.1, -0.05) is 38.1 Å². The van der Waals surface area contributed by atoms with E-state index < -0.39 is 0 Å². The molecule has 1 nitrogen and oxygen atoms in total. The lowest BCUT2D eigenvalue weighted by atomic mass is 9.97. The Balaban J connectivity index is 1.58. The summed E-state index contributed by atoms with van der Waals surface area (Å²) in [5, 5.41) is 3.76. The van der Waals surface area contributed by atoms with Crippen molar-refractivity contribution < 1.29 is 0 Å². The fourth-order valence-corrected chi connectivity index (χ4v) is 3.28. The third kappa shape index (κ3) is 2.61. The molecule has 18 heavy (non-hydrogen) atoms. The topological polar surface area (TPSA) is 12.0 Å². The lowest BCUT2D eigenvalue weighted by molar-refractivity contribution is 0.370. The minimum Gasteiger partial charge on any atom is -0.310 e. The Labute approximate surface area is 111 Å². The van der Waals surface area contributed by atoms with E-state index in [1.165, 1.54) is 31.2 Å². The van der Waals surface area contributed by atoms with Crippen LogP contribution < -0.4 is 5.32 Å². The first kappa shape index (κ1) is 12.2. The second-order valence-corrected chi connectivity index (χ2v) is 6.42. The van der Waals surface area contributed by atoms with E-state index in [0.717, 1.165) is 30.3 Å². The molecule has 0 amide bonds. The van der Waals surface area contributed by atoms with Gasteiger partial charge in [0.15, 0.2) is 0 Å². The quantitative estimate of drug-likeness (QED) is 0.840. The molecule has 3 rings (SSSR count). The predicted octanol–water partition coefficient (Wildman–Crippen LogP) is 4.09. The Morgan fingerprint density at radius 2 is 1.94 bits per heavy atom. The maximum absolute atomic E-state index is 3.76. The number of nitrogens with one attached hydrogen (secondary N) is 1. The summed E-state index contributed by atoms with van der Waals surface area (Å²) in [4.78, 5) is 0. The molecule has 0 spiro atoms. The molecule has 2 fully saturated rings. The second kappa shape index (κ2) is 5.05. The molecule has 0 bridgehead atoms. The van der Waals surface area contributed by atoms with Gasteiger partial charge in [-0.05, 0) is 54.6 Å². The maximum atomic E-state index is 3.76. The molecule has 1 aromatic carbocycles. The first-order valence-electron chi connectivity index (χ1n) is 7.56. The molecule has 1 heteroatoms. The van der Waals surface area contributed by atoms with Gasteiger partial charge in [0.1, 0.15) is 0 Å². The standard InChI is InChI=1S/C17H25N/c1-12-6-9-17(13(12)2)18-11-14-4-3-5-16(10-14)15-7-8-15/h3-5,10,12-13,15,17-18H,6-9,11H2,1-2H3. The third-order valence-electron chi connectivity index (χ3n) is 5.03. The van der Waals surface area contributed by atoms with Crippen molar-refractivity contribution in [2.24, 2.45) is 11.8 Å². The maximum Gasteiger partial charge on any atom is 0.0208 e. The summed E-state index contributed by atoms with van der Waals surface area (Å²) < 4.78 is 0. The Kier molecular flexibility index (Phi) is 3.43. The second-order valence-electron chi connectivity index (χ2n) is 6.42. The zero-order chi connectivity index (χ0) is 12.5. The molecule has 98 valence electrons. The van der Waals surface area contributed by atoms with Gasteiger partial charge in [0.05, 0.1) is 0 Å². The molecule has 2 aliphatic carbocycles. The van der Waals surface area contributed by atoms with Crippen LogP contribution in [0.2, 0.25) is 0 Å². The van der Waals surface area contributed by atoms with Gasteiger partial charge >= 0.3 is 0 Å². The molecule has 0 saturated heterocycles. The molecular weight excluding hydrogens is 218 g/mol. The molecule has 0 aromatic heterocycles. The number of benzene rings is 1. The van der Waals surface area contributed by atoms with Crippen LogP contribution in [0.5, 0.6) is 0 Å². The molecular formula is C17H25N. The highest BCUT2D eigenvalue weighted by Crippen LogP contribution is 2.40. The van der Waals surface area contributed by atoms with Crippen LogP contribution in [-0.4, -0.2) is 6.04 Å². The van der Waals surface area contributed by atoms with Gasteiger partial charge in [-0.3, -0.25) is 0 Å². The van der Waals surface area contributed by atoms with E-state index in [9.17, 15) is 0 Å². The first-order chi connectivity index (χ1) is 8.74. The van der Waals surface area contributed by atoms with Crippen LogP contribution in [0.3, 0.4) is 0 Å². The number of rotatable bonds is 4. The van der Waals surface area contributed by atoms with Gasteiger partial charge in [0.2, 0.25) is 0 Å². The molecule has 3 unspecified atom stereocenters. The molecule has 2 saturated carbocycles. The number of hydrogen-bond acceptors (Lipinski definition) is 1. The van der Waals surface area contributed by atoms with Gasteiger partial charge < -0.3 is 5.32 Å². The Morgan fingerprint density at radius 1 is 1.11 bits per heavy atom. The van der Waals surface area contributed by atoms with E-state index in [-0.39, 0.29) is 0 Å². The van der Waals surface area contributed by atoms with Crippen molar-refractivity contribution in [3.8, 4) is 0 Å². The highest BCUT2D eigenvalue weighted by Gasteiger charge is 2.29. The summed E-state index contributed by atoms with van der Waals surface area (Å²) in [5.41, 5.74) is 3.02. The monoisotopic (exact) mass is 243 g/mol. The van der Waals surface area contributed by atoms with Crippen molar-refractivity contribution in [1.82, 2.24) is 5.32 Å². The van der Waals surface area contributed by atoms with E-state index in [4.69, 9.17) is 0 Å². The molecule has 3 atom stereocenters. The lowest BCUT2D eigenvalue weighted by Crippen LogP contribution is -2.31. The average molecular weight is 243 g/mol. The minimum absolute atomic E-state index is 0.726. The van der Waals surface area contributed by atoms with Crippen LogP contribution in [0.15, 0.2) is 24.3 Å².